The fourth-order valence-electron chi connectivity index (χ4n) is 4.82. The van der Waals surface area contributed by atoms with Crippen LogP contribution >= 0.6 is 7.82 Å². The van der Waals surface area contributed by atoms with E-state index in [1.54, 1.807) is 0 Å². The molecule has 286 valence electrons. The van der Waals surface area contributed by atoms with Crippen LogP contribution in [0.25, 0.3) is 0 Å². The Hall–Kier alpha value is -2.51. The Morgan fingerprint density at radius 1 is 0.520 bits per heavy atom. The van der Waals surface area contributed by atoms with Crippen LogP contribution in [0.3, 0.4) is 0 Å². The molecule has 0 aliphatic heterocycles. The maximum Gasteiger partial charge on any atom is 0.469 e. The van der Waals surface area contributed by atoms with Crippen LogP contribution in [0.15, 0.2) is 72.9 Å². The third kappa shape index (κ3) is 38.3. The lowest BCUT2D eigenvalue weighted by atomic mass is 10.1. The van der Waals surface area contributed by atoms with Gasteiger partial charge in [0.15, 0.2) is 6.10 Å². The molecule has 0 fully saturated rings. The van der Waals surface area contributed by atoms with Gasteiger partial charge in [0.2, 0.25) is 0 Å². The minimum atomic E-state index is -4.77. The maximum absolute atomic E-state index is 12.3. The summed E-state index contributed by atoms with van der Waals surface area (Å²) in [5.74, 6) is -0.998. The normalized spacial score (nSPS) is 13.3. The summed E-state index contributed by atoms with van der Waals surface area (Å²) in [4.78, 5) is 42.7. The summed E-state index contributed by atoms with van der Waals surface area (Å²) < 4.78 is 26.2. The average Bonchev–Trinajstić information content (AvgIpc) is 3.08. The van der Waals surface area contributed by atoms with Crippen LogP contribution in [0, 0.1) is 0 Å². The monoisotopic (exact) mass is 720 g/mol. The third-order valence-electron chi connectivity index (χ3n) is 7.71. The Morgan fingerprint density at radius 2 is 0.940 bits per heavy atom. The van der Waals surface area contributed by atoms with Gasteiger partial charge in [0.1, 0.15) is 6.61 Å². The van der Waals surface area contributed by atoms with Gasteiger partial charge in [-0.3, -0.25) is 14.1 Å². The van der Waals surface area contributed by atoms with Gasteiger partial charge in [-0.2, -0.15) is 0 Å². The molecular weight excluding hydrogens is 651 g/mol. The van der Waals surface area contributed by atoms with E-state index in [-0.39, 0.29) is 19.4 Å². The molecule has 8 nitrogen and oxygen atoms in total. The van der Waals surface area contributed by atoms with Crippen molar-refractivity contribution in [3.8, 4) is 0 Å². The molecule has 9 heteroatoms. The second-order valence-electron chi connectivity index (χ2n) is 12.5. The van der Waals surface area contributed by atoms with Gasteiger partial charge in [-0.05, 0) is 77.0 Å². The van der Waals surface area contributed by atoms with Gasteiger partial charge in [-0.25, -0.2) is 4.57 Å². The first-order chi connectivity index (χ1) is 24.3. The summed E-state index contributed by atoms with van der Waals surface area (Å²) in [6.07, 6.45) is 46.3. The number of hydrogen-bond acceptors (Lipinski definition) is 6. The van der Waals surface area contributed by atoms with Crippen molar-refractivity contribution in [2.24, 2.45) is 0 Å². The number of phosphoric acid groups is 1. The lowest BCUT2D eigenvalue weighted by molar-refractivity contribution is -0.161. The number of rotatable bonds is 34. The molecule has 0 saturated carbocycles. The summed E-state index contributed by atoms with van der Waals surface area (Å²) >= 11 is 0. The molecule has 0 bridgehead atoms. The molecule has 0 aromatic heterocycles. The minimum Gasteiger partial charge on any atom is -0.462 e. The van der Waals surface area contributed by atoms with Crippen LogP contribution in [0.4, 0.5) is 0 Å². The zero-order valence-electron chi connectivity index (χ0n) is 31.3. The van der Waals surface area contributed by atoms with Gasteiger partial charge < -0.3 is 19.3 Å². The van der Waals surface area contributed by atoms with E-state index in [1.165, 1.54) is 51.4 Å². The number of allylic oxidation sites excluding steroid dienone is 12. The molecule has 0 rings (SSSR count). The van der Waals surface area contributed by atoms with E-state index in [9.17, 15) is 14.2 Å². The molecule has 0 spiro atoms. The number of ether oxygens (including phenoxy) is 2. The number of unbranched alkanes of at least 4 members (excludes halogenated alkanes) is 12. The van der Waals surface area contributed by atoms with Crippen LogP contribution < -0.4 is 0 Å². The largest absolute Gasteiger partial charge is 0.469 e. The van der Waals surface area contributed by atoms with Crippen molar-refractivity contribution >= 4 is 19.8 Å². The van der Waals surface area contributed by atoms with Gasteiger partial charge in [0.05, 0.1) is 6.61 Å². The molecule has 0 aliphatic carbocycles. The summed E-state index contributed by atoms with van der Waals surface area (Å²) in [5.41, 5.74) is 0. The highest BCUT2D eigenvalue weighted by Gasteiger charge is 2.22. The van der Waals surface area contributed by atoms with Crippen molar-refractivity contribution < 1.29 is 37.9 Å². The van der Waals surface area contributed by atoms with Crippen LogP contribution in [0.5, 0.6) is 0 Å². The van der Waals surface area contributed by atoms with Crippen LogP contribution in [0.2, 0.25) is 0 Å². The van der Waals surface area contributed by atoms with E-state index in [2.05, 4.69) is 79.1 Å². The lowest BCUT2D eigenvalue weighted by Crippen LogP contribution is -2.29. The molecule has 50 heavy (non-hydrogen) atoms. The van der Waals surface area contributed by atoms with Crippen LogP contribution in [-0.2, 0) is 28.2 Å². The van der Waals surface area contributed by atoms with Gasteiger partial charge in [0, 0.05) is 12.8 Å². The second kappa shape index (κ2) is 36.3. The number of esters is 2. The summed E-state index contributed by atoms with van der Waals surface area (Å²) in [6.45, 7) is 3.55. The molecule has 0 unspecified atom stereocenters. The molecule has 0 aromatic rings. The Balaban J connectivity index is 4.12. The predicted molar refractivity (Wildman–Crippen MR) is 207 cm³/mol. The highest BCUT2D eigenvalue weighted by atomic mass is 31.2. The standard InChI is InChI=1S/C41H69O8P/c1-3-5-7-9-11-13-15-17-18-19-20-21-22-24-25-27-29-31-33-35-40(42)47-37-39(38-48-50(44,45)46)49-41(43)36-34-32-30-28-26-23-16-14-12-10-8-6-4-2/h11,13-14,16-18,20-21,24-25,29,31,39H,3-10,12,15,19,22-23,26-28,30,32-38H2,1-2H3,(H2,44,45,46)/b13-11+,16-14+,18-17+,21-20+,25-24+,31-29+/t39-/m1/s1. The molecule has 0 heterocycles. The third-order valence-corrected chi connectivity index (χ3v) is 8.20. The van der Waals surface area contributed by atoms with Crippen molar-refractivity contribution in [2.75, 3.05) is 13.2 Å². The van der Waals surface area contributed by atoms with Gasteiger partial charge >= 0.3 is 19.8 Å². The second-order valence-corrected chi connectivity index (χ2v) is 13.8. The van der Waals surface area contributed by atoms with E-state index in [4.69, 9.17) is 19.3 Å². The first kappa shape index (κ1) is 47.5. The molecular formula is C41H69O8P. The number of carbonyl (C=O) groups is 2. The highest BCUT2D eigenvalue weighted by Crippen LogP contribution is 2.35. The number of carbonyl (C=O) groups excluding carboxylic acids is 2. The van der Waals surface area contributed by atoms with Crippen LogP contribution in [0.1, 0.15) is 155 Å². The van der Waals surface area contributed by atoms with Crippen molar-refractivity contribution in [2.45, 2.75) is 161 Å². The number of phosphoric ester groups is 1. The van der Waals surface area contributed by atoms with Crippen molar-refractivity contribution in [1.29, 1.82) is 0 Å². The Kier molecular flexibility index (Phi) is 34.5. The molecule has 1 atom stereocenters. The van der Waals surface area contributed by atoms with E-state index in [0.29, 0.717) is 12.8 Å². The van der Waals surface area contributed by atoms with Gasteiger partial charge in [0.25, 0.3) is 0 Å². The Morgan fingerprint density at radius 3 is 1.48 bits per heavy atom. The van der Waals surface area contributed by atoms with E-state index >= 15 is 0 Å². The van der Waals surface area contributed by atoms with E-state index < -0.39 is 32.5 Å². The fourth-order valence-corrected chi connectivity index (χ4v) is 5.18. The number of hydrogen-bond donors (Lipinski definition) is 2. The quantitative estimate of drug-likeness (QED) is 0.0292. The first-order valence-electron chi connectivity index (χ1n) is 19.2. The van der Waals surface area contributed by atoms with Crippen molar-refractivity contribution in [3.05, 3.63) is 72.9 Å². The zero-order chi connectivity index (χ0) is 36.8. The highest BCUT2D eigenvalue weighted by molar-refractivity contribution is 7.46. The SMILES string of the molecule is CCCCC/C=C/C/C=C/C/C=C/C/C=C/C/C=C/CCC(=O)OC[C@H](COP(=O)(O)O)OC(=O)CCCCCCC/C=C/CCCCCC. The topological polar surface area (TPSA) is 119 Å². The van der Waals surface area contributed by atoms with Crippen LogP contribution in [-0.4, -0.2) is 41.0 Å². The smallest absolute Gasteiger partial charge is 0.462 e. The van der Waals surface area contributed by atoms with Gasteiger partial charge in [-0.15, -0.1) is 0 Å². The zero-order valence-corrected chi connectivity index (χ0v) is 32.2. The molecule has 0 aromatic carbocycles. The maximum atomic E-state index is 12.3. The molecule has 0 saturated heterocycles. The lowest BCUT2D eigenvalue weighted by Gasteiger charge is -2.18. The Labute approximate surface area is 304 Å². The van der Waals surface area contributed by atoms with E-state index in [0.717, 1.165) is 64.2 Å². The molecule has 0 aliphatic rings. The molecule has 2 N–H and O–H groups in total. The fraction of sp³-hybridized carbons (Fsp3) is 0.659. The average molecular weight is 721 g/mol. The molecule has 0 amide bonds. The van der Waals surface area contributed by atoms with Crippen molar-refractivity contribution in [3.63, 3.8) is 0 Å². The van der Waals surface area contributed by atoms with Crippen molar-refractivity contribution in [1.82, 2.24) is 0 Å². The van der Waals surface area contributed by atoms with E-state index in [1.807, 2.05) is 12.2 Å². The predicted octanol–water partition coefficient (Wildman–Crippen LogP) is 11.5. The van der Waals surface area contributed by atoms with Gasteiger partial charge in [-0.1, -0.05) is 138 Å². The minimum absolute atomic E-state index is 0.139. The Bertz CT molecular complexity index is 1040. The summed E-state index contributed by atoms with van der Waals surface area (Å²) in [6, 6.07) is 0. The summed E-state index contributed by atoms with van der Waals surface area (Å²) in [5, 5.41) is 0. The summed E-state index contributed by atoms with van der Waals surface area (Å²) in [7, 11) is -4.77. The molecule has 0 radical (unpaired) electrons. The first-order valence-corrected chi connectivity index (χ1v) is 20.8.